The predicted molar refractivity (Wildman–Crippen MR) is 86.6 cm³/mol. The number of hydrogen-bond donors (Lipinski definition) is 3. The average molecular weight is 295 g/mol. The first-order valence-electron chi connectivity index (χ1n) is 7.70. The second-order valence-electron chi connectivity index (χ2n) is 5.10. The van der Waals surface area contributed by atoms with Gasteiger partial charge in [0.2, 0.25) is 0 Å². The number of hydrogen-bond acceptors (Lipinski definition) is 3. The number of carbonyl (C=O) groups is 1. The van der Waals surface area contributed by atoms with E-state index in [-0.39, 0.29) is 13.2 Å². The molecule has 21 heavy (non-hydrogen) atoms. The van der Waals surface area contributed by atoms with Gasteiger partial charge in [-0.3, -0.25) is 4.79 Å². The Balaban J connectivity index is 0.000000384. The molecule has 0 fully saturated rings. The highest BCUT2D eigenvalue weighted by molar-refractivity contribution is 5.68. The van der Waals surface area contributed by atoms with Crippen LogP contribution >= 0.6 is 0 Å². The van der Waals surface area contributed by atoms with Crippen LogP contribution in [0.1, 0.15) is 51.0 Å². The number of benzene rings is 1. The smallest absolute Gasteiger partial charge is 0.317 e. The van der Waals surface area contributed by atoms with Crippen LogP contribution in [0.15, 0.2) is 30.3 Å². The molecular formula is C17H29NO3. The van der Waals surface area contributed by atoms with Crippen LogP contribution in [-0.2, 0) is 4.79 Å². The lowest BCUT2D eigenvalue weighted by atomic mass is 9.99. The van der Waals surface area contributed by atoms with Crippen LogP contribution < -0.4 is 5.32 Å². The van der Waals surface area contributed by atoms with E-state index < -0.39 is 5.97 Å². The molecule has 0 aromatic heterocycles. The molecule has 0 amide bonds. The SMILES string of the molecule is CC(CCO)c1ccccc1.CCCCCNCC(=O)O. The summed E-state index contributed by atoms with van der Waals surface area (Å²) in [6.45, 7) is 5.43. The Morgan fingerprint density at radius 2 is 1.90 bits per heavy atom. The van der Waals surface area contributed by atoms with Gasteiger partial charge in [0, 0.05) is 6.61 Å². The summed E-state index contributed by atoms with van der Waals surface area (Å²) in [6, 6.07) is 10.3. The van der Waals surface area contributed by atoms with Crippen LogP contribution in [0.4, 0.5) is 0 Å². The zero-order valence-electron chi connectivity index (χ0n) is 13.2. The lowest BCUT2D eigenvalue weighted by Gasteiger charge is -2.08. The number of carboxylic acids is 1. The minimum Gasteiger partial charge on any atom is -0.480 e. The first-order chi connectivity index (χ1) is 10.1. The molecule has 0 aliphatic carbocycles. The molecule has 1 aromatic rings. The van der Waals surface area contributed by atoms with Gasteiger partial charge in [-0.25, -0.2) is 0 Å². The lowest BCUT2D eigenvalue weighted by molar-refractivity contribution is -0.135. The molecule has 1 unspecified atom stereocenters. The molecular weight excluding hydrogens is 266 g/mol. The Bertz CT molecular complexity index is 354. The van der Waals surface area contributed by atoms with Crippen LogP contribution in [-0.4, -0.2) is 35.9 Å². The number of unbranched alkanes of at least 4 members (excludes halogenated alkanes) is 2. The van der Waals surface area contributed by atoms with Crippen molar-refractivity contribution in [1.82, 2.24) is 5.32 Å². The number of aliphatic carboxylic acids is 1. The summed E-state index contributed by atoms with van der Waals surface area (Å²) < 4.78 is 0. The molecule has 0 aliphatic rings. The minimum absolute atomic E-state index is 0.0870. The van der Waals surface area contributed by atoms with E-state index in [2.05, 4.69) is 31.3 Å². The molecule has 0 bridgehead atoms. The van der Waals surface area contributed by atoms with Crippen LogP contribution in [0, 0.1) is 0 Å². The summed E-state index contributed by atoms with van der Waals surface area (Å²) in [4.78, 5) is 9.97. The van der Waals surface area contributed by atoms with E-state index in [0.29, 0.717) is 5.92 Å². The van der Waals surface area contributed by atoms with Crippen molar-refractivity contribution in [1.29, 1.82) is 0 Å². The van der Waals surface area contributed by atoms with Crippen LogP contribution in [0.3, 0.4) is 0 Å². The van der Waals surface area contributed by atoms with Crippen molar-refractivity contribution in [3.63, 3.8) is 0 Å². The van der Waals surface area contributed by atoms with E-state index in [1.807, 2.05) is 18.2 Å². The number of carboxylic acid groups (broad SMARTS) is 1. The highest BCUT2D eigenvalue weighted by Gasteiger charge is 2.01. The van der Waals surface area contributed by atoms with Gasteiger partial charge < -0.3 is 15.5 Å². The van der Waals surface area contributed by atoms with Gasteiger partial charge in [0.05, 0.1) is 6.54 Å². The third kappa shape index (κ3) is 12.1. The fourth-order valence-electron chi connectivity index (χ4n) is 1.84. The fraction of sp³-hybridized carbons (Fsp3) is 0.588. The third-order valence-electron chi connectivity index (χ3n) is 3.16. The van der Waals surface area contributed by atoms with Crippen LogP contribution in [0.2, 0.25) is 0 Å². The molecule has 1 rings (SSSR count). The van der Waals surface area contributed by atoms with Crippen molar-refractivity contribution in [3.05, 3.63) is 35.9 Å². The molecule has 4 nitrogen and oxygen atoms in total. The molecule has 0 saturated heterocycles. The molecule has 3 N–H and O–H groups in total. The molecule has 0 radical (unpaired) electrons. The zero-order valence-corrected chi connectivity index (χ0v) is 13.2. The highest BCUT2D eigenvalue weighted by atomic mass is 16.4. The third-order valence-corrected chi connectivity index (χ3v) is 3.16. The number of aliphatic hydroxyl groups excluding tert-OH is 1. The second-order valence-corrected chi connectivity index (χ2v) is 5.10. The Kier molecular flexibility index (Phi) is 12.7. The van der Waals surface area contributed by atoms with E-state index >= 15 is 0 Å². The Morgan fingerprint density at radius 1 is 1.24 bits per heavy atom. The summed E-state index contributed by atoms with van der Waals surface area (Å²) in [6.07, 6.45) is 4.27. The molecule has 120 valence electrons. The predicted octanol–water partition coefficient (Wildman–Crippen LogP) is 3.02. The van der Waals surface area contributed by atoms with Gasteiger partial charge in [-0.1, -0.05) is 57.0 Å². The van der Waals surface area contributed by atoms with Crippen molar-refractivity contribution in [3.8, 4) is 0 Å². The Hall–Kier alpha value is -1.39. The van der Waals surface area contributed by atoms with Gasteiger partial charge in [-0.15, -0.1) is 0 Å². The number of nitrogens with one attached hydrogen (secondary N) is 1. The van der Waals surface area contributed by atoms with Crippen molar-refractivity contribution in [2.75, 3.05) is 19.7 Å². The van der Waals surface area contributed by atoms with Gasteiger partial charge in [0.1, 0.15) is 0 Å². The van der Waals surface area contributed by atoms with E-state index in [1.54, 1.807) is 0 Å². The maximum Gasteiger partial charge on any atom is 0.317 e. The van der Waals surface area contributed by atoms with Crippen molar-refractivity contribution in [2.45, 2.75) is 45.4 Å². The van der Waals surface area contributed by atoms with Gasteiger partial charge in [0.25, 0.3) is 0 Å². The van der Waals surface area contributed by atoms with E-state index in [0.717, 1.165) is 19.4 Å². The molecule has 0 heterocycles. The summed E-state index contributed by atoms with van der Waals surface area (Å²) in [7, 11) is 0. The first kappa shape index (κ1) is 19.6. The average Bonchev–Trinajstić information content (AvgIpc) is 2.48. The summed E-state index contributed by atoms with van der Waals surface area (Å²) >= 11 is 0. The number of rotatable bonds is 9. The van der Waals surface area contributed by atoms with Crippen LogP contribution in [0.25, 0.3) is 0 Å². The van der Waals surface area contributed by atoms with Crippen molar-refractivity contribution < 1.29 is 15.0 Å². The van der Waals surface area contributed by atoms with Gasteiger partial charge >= 0.3 is 5.97 Å². The second kappa shape index (κ2) is 13.6. The number of aliphatic hydroxyl groups is 1. The normalized spacial score (nSPS) is 11.4. The van der Waals surface area contributed by atoms with E-state index in [9.17, 15) is 4.79 Å². The summed E-state index contributed by atoms with van der Waals surface area (Å²) in [5, 5.41) is 19.7. The summed E-state index contributed by atoms with van der Waals surface area (Å²) in [5.74, 6) is -0.308. The maximum absolute atomic E-state index is 9.97. The molecule has 0 saturated carbocycles. The lowest BCUT2D eigenvalue weighted by Crippen LogP contribution is -2.23. The largest absolute Gasteiger partial charge is 0.480 e. The van der Waals surface area contributed by atoms with Gasteiger partial charge in [-0.2, -0.15) is 0 Å². The topological polar surface area (TPSA) is 69.6 Å². The van der Waals surface area contributed by atoms with E-state index in [1.165, 1.54) is 18.4 Å². The zero-order chi connectivity index (χ0) is 15.9. The molecule has 4 heteroatoms. The quantitative estimate of drug-likeness (QED) is 0.613. The monoisotopic (exact) mass is 295 g/mol. The molecule has 1 aromatic carbocycles. The standard InChI is InChI=1S/C10H14O.C7H15NO2/c1-9(7-8-11)10-5-3-2-4-6-10;1-2-3-4-5-8-6-7(9)10/h2-6,9,11H,7-8H2,1H3;8H,2-6H2,1H3,(H,9,10). The fourth-order valence-corrected chi connectivity index (χ4v) is 1.84. The Labute approximate surface area is 128 Å². The van der Waals surface area contributed by atoms with Crippen LogP contribution in [0.5, 0.6) is 0 Å². The maximum atomic E-state index is 9.97. The molecule has 1 atom stereocenters. The summed E-state index contributed by atoms with van der Waals surface area (Å²) in [5.41, 5.74) is 1.31. The van der Waals surface area contributed by atoms with Gasteiger partial charge in [-0.05, 0) is 30.9 Å². The molecule has 0 aliphatic heterocycles. The molecule has 0 spiro atoms. The highest BCUT2D eigenvalue weighted by Crippen LogP contribution is 2.17. The Morgan fingerprint density at radius 3 is 2.43 bits per heavy atom. The van der Waals surface area contributed by atoms with Crippen molar-refractivity contribution in [2.24, 2.45) is 0 Å². The van der Waals surface area contributed by atoms with Gasteiger partial charge in [0.15, 0.2) is 0 Å². The first-order valence-corrected chi connectivity index (χ1v) is 7.70. The van der Waals surface area contributed by atoms with E-state index in [4.69, 9.17) is 10.2 Å². The van der Waals surface area contributed by atoms with Crippen molar-refractivity contribution >= 4 is 5.97 Å². The minimum atomic E-state index is -0.781.